The number of hydrogen-bond donors (Lipinski definition) is 0. The van der Waals surface area contributed by atoms with Crippen molar-refractivity contribution in [2.24, 2.45) is 29.6 Å². The lowest BCUT2D eigenvalue weighted by molar-refractivity contribution is 0.142. The molecule has 2 fully saturated rings. The highest BCUT2D eigenvalue weighted by Crippen LogP contribution is 2.35. The van der Waals surface area contributed by atoms with Gasteiger partial charge in [-0.05, 0) is 68.4 Å². The Hall–Kier alpha value is -0.0400. The van der Waals surface area contributed by atoms with Crippen molar-refractivity contribution < 1.29 is 0 Å². The maximum atomic E-state index is 2.76. The monoisotopic (exact) mass is 321 g/mol. The molecule has 1 heteroatoms. The van der Waals surface area contributed by atoms with Crippen LogP contribution in [-0.2, 0) is 0 Å². The zero-order valence-corrected chi connectivity index (χ0v) is 16.5. The predicted molar refractivity (Wildman–Crippen MR) is 103 cm³/mol. The van der Waals surface area contributed by atoms with E-state index in [-0.39, 0.29) is 0 Å². The molecule has 0 spiro atoms. The second kappa shape index (κ2) is 10.1. The average molecular weight is 322 g/mol. The quantitative estimate of drug-likeness (QED) is 0.469. The Kier molecular flexibility index (Phi) is 8.44. The molecule has 1 unspecified atom stereocenters. The van der Waals surface area contributed by atoms with Crippen molar-refractivity contribution in [1.29, 1.82) is 0 Å². The van der Waals surface area contributed by atoms with Gasteiger partial charge in [0.2, 0.25) is 0 Å². The van der Waals surface area contributed by atoms with E-state index in [0.717, 1.165) is 29.6 Å². The van der Waals surface area contributed by atoms with Crippen LogP contribution in [0.4, 0.5) is 0 Å². The van der Waals surface area contributed by atoms with Gasteiger partial charge in [-0.3, -0.25) is 0 Å². The molecule has 0 aromatic heterocycles. The minimum Gasteiger partial charge on any atom is -0.303 e. The molecule has 1 aliphatic heterocycles. The first-order chi connectivity index (χ1) is 11.0. The van der Waals surface area contributed by atoms with Crippen molar-refractivity contribution in [3.63, 3.8) is 0 Å². The Morgan fingerprint density at radius 3 is 2.22 bits per heavy atom. The molecule has 1 aliphatic carbocycles. The lowest BCUT2D eigenvalue weighted by atomic mass is 9.77. The third-order valence-electron chi connectivity index (χ3n) is 6.59. The minimum absolute atomic E-state index is 0.874. The maximum absolute atomic E-state index is 2.76. The number of likely N-dealkylation sites (tertiary alicyclic amines) is 1. The largest absolute Gasteiger partial charge is 0.303 e. The first kappa shape index (κ1) is 19.3. The van der Waals surface area contributed by atoms with Gasteiger partial charge in [0, 0.05) is 6.54 Å². The summed E-state index contributed by atoms with van der Waals surface area (Å²) in [4.78, 5) is 2.76. The highest BCUT2D eigenvalue weighted by atomic mass is 15.1. The Balaban J connectivity index is 1.53. The molecule has 23 heavy (non-hydrogen) atoms. The molecule has 1 atom stereocenters. The van der Waals surface area contributed by atoms with E-state index < -0.39 is 0 Å². The van der Waals surface area contributed by atoms with Crippen LogP contribution in [0.2, 0.25) is 0 Å². The van der Waals surface area contributed by atoms with Gasteiger partial charge in [0.25, 0.3) is 0 Å². The van der Waals surface area contributed by atoms with Gasteiger partial charge in [0.1, 0.15) is 0 Å². The molecule has 1 saturated heterocycles. The third-order valence-corrected chi connectivity index (χ3v) is 6.59. The number of nitrogens with zero attached hydrogens (tertiary/aromatic N) is 1. The van der Waals surface area contributed by atoms with Crippen molar-refractivity contribution >= 4 is 0 Å². The molecule has 0 bridgehead atoms. The number of hydrogen-bond acceptors (Lipinski definition) is 1. The summed E-state index contributed by atoms with van der Waals surface area (Å²) in [5, 5.41) is 0. The van der Waals surface area contributed by atoms with Crippen molar-refractivity contribution in [3.8, 4) is 0 Å². The van der Waals surface area contributed by atoms with Crippen molar-refractivity contribution in [1.82, 2.24) is 4.90 Å². The number of unbranched alkanes of at least 4 members (excludes halogenated alkanes) is 1. The van der Waals surface area contributed by atoms with Gasteiger partial charge in [-0.15, -0.1) is 0 Å². The van der Waals surface area contributed by atoms with Gasteiger partial charge in [0.05, 0.1) is 0 Å². The van der Waals surface area contributed by atoms with E-state index in [0.29, 0.717) is 0 Å². The number of rotatable bonds is 8. The van der Waals surface area contributed by atoms with Crippen molar-refractivity contribution in [2.75, 3.05) is 19.6 Å². The van der Waals surface area contributed by atoms with Gasteiger partial charge >= 0.3 is 0 Å². The predicted octanol–water partition coefficient (Wildman–Crippen LogP) is 6.38. The van der Waals surface area contributed by atoms with Crippen LogP contribution in [0.3, 0.4) is 0 Å². The summed E-state index contributed by atoms with van der Waals surface area (Å²) in [7, 11) is 0. The molecule has 0 aromatic carbocycles. The number of piperidine rings is 1. The summed E-state index contributed by atoms with van der Waals surface area (Å²) in [6, 6.07) is 0. The molecule has 0 amide bonds. The van der Waals surface area contributed by atoms with Crippen LogP contribution in [0.1, 0.15) is 91.9 Å². The summed E-state index contributed by atoms with van der Waals surface area (Å²) in [6.07, 6.45) is 14.9. The summed E-state index contributed by atoms with van der Waals surface area (Å²) >= 11 is 0. The molecule has 1 heterocycles. The molecule has 0 radical (unpaired) electrons. The van der Waals surface area contributed by atoms with E-state index in [4.69, 9.17) is 0 Å². The van der Waals surface area contributed by atoms with Crippen LogP contribution in [0.5, 0.6) is 0 Å². The van der Waals surface area contributed by atoms with Crippen molar-refractivity contribution in [2.45, 2.75) is 91.9 Å². The van der Waals surface area contributed by atoms with Crippen LogP contribution >= 0.6 is 0 Å². The van der Waals surface area contributed by atoms with Gasteiger partial charge in [0.15, 0.2) is 0 Å². The van der Waals surface area contributed by atoms with Gasteiger partial charge in [-0.2, -0.15) is 0 Å². The molecule has 0 N–H and O–H groups in total. The van der Waals surface area contributed by atoms with E-state index in [1.54, 1.807) is 0 Å². The maximum Gasteiger partial charge on any atom is 0.00121 e. The van der Waals surface area contributed by atoms with Gasteiger partial charge < -0.3 is 4.90 Å². The Morgan fingerprint density at radius 2 is 1.57 bits per heavy atom. The van der Waals surface area contributed by atoms with E-state index in [1.807, 2.05) is 0 Å². The Bertz CT molecular complexity index is 301. The van der Waals surface area contributed by atoms with E-state index in [9.17, 15) is 0 Å². The third kappa shape index (κ3) is 7.16. The standard InChI is InChI=1S/C22H43N/c1-18(2)16-21-12-10-20(11-13-21)8-5-6-14-23-15-7-9-22(17-23)19(3)4/h18-22H,5-17H2,1-4H3. The molecular weight excluding hydrogens is 278 g/mol. The van der Waals surface area contributed by atoms with Gasteiger partial charge in [-0.25, -0.2) is 0 Å². The zero-order chi connectivity index (χ0) is 16.7. The first-order valence-corrected chi connectivity index (χ1v) is 10.8. The summed E-state index contributed by atoms with van der Waals surface area (Å²) in [5.41, 5.74) is 0. The molecular formula is C22H43N. The fourth-order valence-corrected chi connectivity index (χ4v) is 5.03. The first-order valence-electron chi connectivity index (χ1n) is 10.8. The van der Waals surface area contributed by atoms with Crippen LogP contribution in [0, 0.1) is 29.6 Å². The van der Waals surface area contributed by atoms with Crippen LogP contribution in [-0.4, -0.2) is 24.5 Å². The normalized spacial score (nSPS) is 30.3. The fourth-order valence-electron chi connectivity index (χ4n) is 5.03. The molecule has 2 aliphatic rings. The SMILES string of the molecule is CC(C)CC1CCC(CCCCN2CCCC(C(C)C)C2)CC1. The van der Waals surface area contributed by atoms with Gasteiger partial charge in [-0.1, -0.05) is 66.2 Å². The lowest BCUT2D eigenvalue weighted by Gasteiger charge is -2.35. The summed E-state index contributed by atoms with van der Waals surface area (Å²) < 4.78 is 0. The zero-order valence-electron chi connectivity index (χ0n) is 16.5. The van der Waals surface area contributed by atoms with E-state index >= 15 is 0 Å². The summed E-state index contributed by atoms with van der Waals surface area (Å²) in [6.45, 7) is 13.7. The highest BCUT2D eigenvalue weighted by molar-refractivity contribution is 4.76. The molecule has 136 valence electrons. The summed E-state index contributed by atoms with van der Waals surface area (Å²) in [5.74, 6) is 4.84. The lowest BCUT2D eigenvalue weighted by Crippen LogP contribution is -2.37. The van der Waals surface area contributed by atoms with Crippen LogP contribution < -0.4 is 0 Å². The molecule has 1 nitrogen and oxygen atoms in total. The minimum atomic E-state index is 0.874. The van der Waals surface area contributed by atoms with Crippen molar-refractivity contribution in [3.05, 3.63) is 0 Å². The fraction of sp³-hybridized carbons (Fsp3) is 1.00. The Labute approximate surface area is 146 Å². The highest BCUT2D eigenvalue weighted by Gasteiger charge is 2.23. The average Bonchev–Trinajstić information content (AvgIpc) is 2.53. The topological polar surface area (TPSA) is 3.24 Å². The smallest absolute Gasteiger partial charge is 0.00121 e. The second-order valence-electron chi connectivity index (χ2n) is 9.46. The second-order valence-corrected chi connectivity index (χ2v) is 9.46. The molecule has 0 aromatic rings. The molecule has 1 saturated carbocycles. The molecule has 2 rings (SSSR count). The Morgan fingerprint density at radius 1 is 0.870 bits per heavy atom. The van der Waals surface area contributed by atoms with Crippen LogP contribution in [0.15, 0.2) is 0 Å². The van der Waals surface area contributed by atoms with Crippen LogP contribution in [0.25, 0.3) is 0 Å². The van der Waals surface area contributed by atoms with E-state index in [2.05, 4.69) is 32.6 Å². The van der Waals surface area contributed by atoms with E-state index in [1.165, 1.54) is 83.8 Å².